The Morgan fingerprint density at radius 3 is 1.83 bits per heavy atom. The Morgan fingerprint density at radius 1 is 0.724 bits per heavy atom. The summed E-state index contributed by atoms with van der Waals surface area (Å²) in [6.07, 6.45) is 4.39. The molecule has 1 heterocycles. The van der Waals surface area contributed by atoms with Gasteiger partial charge in [-0.15, -0.1) is 0 Å². The van der Waals surface area contributed by atoms with Gasteiger partial charge < -0.3 is 5.21 Å². The average Bonchev–Trinajstić information content (AvgIpc) is 3.05. The van der Waals surface area contributed by atoms with E-state index in [0.29, 0.717) is 0 Å². The molecule has 0 bridgehead atoms. The SMILES string of the molecule is ON1C2CCCCC2C(=Nc2ccccc2)C1(c1ccccc1)c1ccccc1. The maximum absolute atomic E-state index is 11.7. The highest BCUT2D eigenvalue weighted by Crippen LogP contribution is 2.51. The second-order valence-electron chi connectivity index (χ2n) is 8.08. The molecule has 0 amide bonds. The molecule has 1 N–H and O–H groups in total. The van der Waals surface area contributed by atoms with E-state index < -0.39 is 5.54 Å². The van der Waals surface area contributed by atoms with Crippen molar-refractivity contribution < 1.29 is 5.21 Å². The lowest BCUT2D eigenvalue weighted by molar-refractivity contribution is -0.165. The molecule has 2 unspecified atom stereocenters. The first-order valence-electron chi connectivity index (χ1n) is 10.5. The van der Waals surface area contributed by atoms with Gasteiger partial charge in [-0.1, -0.05) is 91.7 Å². The maximum atomic E-state index is 11.7. The molecule has 2 atom stereocenters. The molecule has 3 nitrogen and oxygen atoms in total. The summed E-state index contributed by atoms with van der Waals surface area (Å²) in [4.78, 5) is 5.21. The third-order valence-electron chi connectivity index (χ3n) is 6.50. The summed E-state index contributed by atoms with van der Waals surface area (Å²) in [5.74, 6) is 0.245. The van der Waals surface area contributed by atoms with Crippen LogP contribution in [0.25, 0.3) is 0 Å². The summed E-state index contributed by atoms with van der Waals surface area (Å²) in [5, 5.41) is 13.4. The van der Waals surface area contributed by atoms with Crippen LogP contribution in [-0.2, 0) is 5.54 Å². The lowest BCUT2D eigenvalue weighted by Gasteiger charge is -2.38. The summed E-state index contributed by atoms with van der Waals surface area (Å²) in [7, 11) is 0. The lowest BCUT2D eigenvalue weighted by atomic mass is 9.75. The first kappa shape index (κ1) is 18.3. The number of nitrogens with zero attached hydrogens (tertiary/aromatic N) is 2. The van der Waals surface area contributed by atoms with Crippen molar-refractivity contribution >= 4 is 11.4 Å². The van der Waals surface area contributed by atoms with Crippen LogP contribution in [0.2, 0.25) is 0 Å². The number of hydroxylamine groups is 2. The van der Waals surface area contributed by atoms with Gasteiger partial charge in [-0.05, 0) is 36.1 Å². The van der Waals surface area contributed by atoms with Crippen molar-refractivity contribution in [1.29, 1.82) is 0 Å². The van der Waals surface area contributed by atoms with Crippen molar-refractivity contribution in [2.24, 2.45) is 10.9 Å². The van der Waals surface area contributed by atoms with Crippen molar-refractivity contribution in [2.45, 2.75) is 37.3 Å². The molecule has 5 rings (SSSR count). The van der Waals surface area contributed by atoms with Gasteiger partial charge in [-0.25, -0.2) is 0 Å². The highest BCUT2D eigenvalue weighted by atomic mass is 16.5. The number of hydrogen-bond acceptors (Lipinski definition) is 3. The predicted octanol–water partition coefficient (Wildman–Crippen LogP) is 5.97. The molecule has 3 aromatic rings. The molecule has 2 fully saturated rings. The maximum Gasteiger partial charge on any atom is 0.134 e. The Bertz CT molecular complexity index is 945. The van der Waals surface area contributed by atoms with Gasteiger partial charge in [0.25, 0.3) is 0 Å². The van der Waals surface area contributed by atoms with Crippen LogP contribution in [0.1, 0.15) is 36.8 Å². The standard InChI is InChI=1S/C26H26N2O/c29-28-24-19-11-10-18-23(24)25(27-22-16-8-3-9-17-22)26(28,20-12-4-1-5-13-20)21-14-6-2-7-15-21/h1-9,12-17,23-24,29H,10-11,18-19H2. The zero-order valence-electron chi connectivity index (χ0n) is 16.5. The van der Waals surface area contributed by atoms with Crippen LogP contribution in [0.15, 0.2) is 96.0 Å². The number of para-hydroxylation sites is 1. The minimum absolute atomic E-state index is 0.0895. The van der Waals surface area contributed by atoms with Crippen LogP contribution < -0.4 is 0 Å². The van der Waals surface area contributed by atoms with Crippen LogP contribution in [0.4, 0.5) is 5.69 Å². The molecule has 1 saturated carbocycles. The minimum atomic E-state index is -0.766. The first-order chi connectivity index (χ1) is 14.3. The highest BCUT2D eigenvalue weighted by molar-refractivity contribution is 6.03. The molecule has 3 heteroatoms. The number of rotatable bonds is 3. The summed E-state index contributed by atoms with van der Waals surface area (Å²) in [5.41, 5.74) is 3.38. The van der Waals surface area contributed by atoms with Gasteiger partial charge in [0.15, 0.2) is 0 Å². The summed E-state index contributed by atoms with van der Waals surface area (Å²) >= 11 is 0. The van der Waals surface area contributed by atoms with E-state index in [2.05, 4.69) is 48.5 Å². The van der Waals surface area contributed by atoms with E-state index in [1.54, 1.807) is 5.06 Å². The fourth-order valence-electron chi connectivity index (χ4n) is 5.25. The summed E-state index contributed by atoms with van der Waals surface area (Å²) in [6, 6.07) is 31.0. The molecule has 146 valence electrons. The van der Waals surface area contributed by atoms with Gasteiger partial charge in [0.1, 0.15) is 5.54 Å². The Morgan fingerprint density at radius 2 is 1.24 bits per heavy atom. The second kappa shape index (κ2) is 7.58. The second-order valence-corrected chi connectivity index (χ2v) is 8.08. The van der Waals surface area contributed by atoms with Crippen LogP contribution in [-0.4, -0.2) is 22.0 Å². The fourth-order valence-corrected chi connectivity index (χ4v) is 5.25. The van der Waals surface area contributed by atoms with Gasteiger partial charge in [0, 0.05) is 12.0 Å². The smallest absolute Gasteiger partial charge is 0.134 e. The Kier molecular flexibility index (Phi) is 4.78. The van der Waals surface area contributed by atoms with Gasteiger partial charge in [-0.3, -0.25) is 4.99 Å². The third-order valence-corrected chi connectivity index (χ3v) is 6.50. The van der Waals surface area contributed by atoms with E-state index in [9.17, 15) is 5.21 Å². The van der Waals surface area contributed by atoms with Gasteiger partial charge in [0.05, 0.1) is 11.4 Å². The van der Waals surface area contributed by atoms with Crippen molar-refractivity contribution in [1.82, 2.24) is 5.06 Å². The monoisotopic (exact) mass is 382 g/mol. The lowest BCUT2D eigenvalue weighted by Crippen LogP contribution is -2.47. The molecular formula is C26H26N2O. The summed E-state index contributed by atoms with van der Waals surface area (Å²) < 4.78 is 0. The van der Waals surface area contributed by atoms with Crippen LogP contribution >= 0.6 is 0 Å². The van der Waals surface area contributed by atoms with Crippen LogP contribution in [0.3, 0.4) is 0 Å². The minimum Gasteiger partial charge on any atom is -0.312 e. The van der Waals surface area contributed by atoms with Crippen molar-refractivity contribution in [3.8, 4) is 0 Å². The van der Waals surface area contributed by atoms with E-state index in [1.165, 1.54) is 6.42 Å². The molecule has 1 aliphatic carbocycles. The molecular weight excluding hydrogens is 356 g/mol. The zero-order valence-corrected chi connectivity index (χ0v) is 16.5. The molecule has 3 aromatic carbocycles. The van der Waals surface area contributed by atoms with Crippen LogP contribution in [0.5, 0.6) is 0 Å². The van der Waals surface area contributed by atoms with Crippen LogP contribution in [0, 0.1) is 5.92 Å². The van der Waals surface area contributed by atoms with Gasteiger partial charge >= 0.3 is 0 Å². The largest absolute Gasteiger partial charge is 0.312 e. The number of hydrogen-bond donors (Lipinski definition) is 1. The number of aliphatic imine (C=N–C) groups is 1. The zero-order chi connectivity index (χ0) is 19.7. The van der Waals surface area contributed by atoms with Crippen molar-refractivity contribution in [2.75, 3.05) is 0 Å². The number of benzene rings is 3. The van der Waals surface area contributed by atoms with Crippen molar-refractivity contribution in [3.63, 3.8) is 0 Å². The predicted molar refractivity (Wildman–Crippen MR) is 117 cm³/mol. The molecule has 1 aliphatic heterocycles. The molecule has 29 heavy (non-hydrogen) atoms. The third kappa shape index (κ3) is 2.93. The molecule has 0 aromatic heterocycles. The Labute approximate surface area is 172 Å². The number of fused-ring (bicyclic) bond motifs is 1. The van der Waals surface area contributed by atoms with E-state index in [0.717, 1.165) is 41.8 Å². The molecule has 0 spiro atoms. The van der Waals surface area contributed by atoms with Gasteiger partial charge in [-0.2, -0.15) is 5.06 Å². The van der Waals surface area contributed by atoms with Crippen molar-refractivity contribution in [3.05, 3.63) is 102 Å². The van der Waals surface area contributed by atoms with E-state index in [-0.39, 0.29) is 12.0 Å². The van der Waals surface area contributed by atoms with Gasteiger partial charge in [0.2, 0.25) is 0 Å². The fraction of sp³-hybridized carbons (Fsp3) is 0.269. The molecule has 0 radical (unpaired) electrons. The van der Waals surface area contributed by atoms with E-state index in [4.69, 9.17) is 4.99 Å². The normalized spacial score (nSPS) is 25.1. The average molecular weight is 383 g/mol. The Balaban J connectivity index is 1.81. The Hall–Kier alpha value is -2.75. The topological polar surface area (TPSA) is 35.8 Å². The summed E-state index contributed by atoms with van der Waals surface area (Å²) in [6.45, 7) is 0. The first-order valence-corrected chi connectivity index (χ1v) is 10.5. The molecule has 2 aliphatic rings. The van der Waals surface area contributed by atoms with E-state index in [1.807, 2.05) is 42.5 Å². The van der Waals surface area contributed by atoms with E-state index >= 15 is 0 Å². The highest BCUT2D eigenvalue weighted by Gasteiger charge is 2.58. The molecule has 1 saturated heterocycles. The quantitative estimate of drug-likeness (QED) is 0.606.